The molecule has 0 aliphatic carbocycles. The Hall–Kier alpha value is -2.10. The van der Waals surface area contributed by atoms with E-state index in [-0.39, 0.29) is 16.3 Å². The molecule has 1 aliphatic rings. The van der Waals surface area contributed by atoms with Crippen molar-refractivity contribution in [2.75, 3.05) is 15.8 Å². The zero-order chi connectivity index (χ0) is 19.8. The van der Waals surface area contributed by atoms with Crippen LogP contribution in [0.25, 0.3) is 0 Å². The molecule has 1 aliphatic heterocycles. The molecule has 1 fully saturated rings. The summed E-state index contributed by atoms with van der Waals surface area (Å²) >= 11 is 0. The van der Waals surface area contributed by atoms with Crippen molar-refractivity contribution in [1.82, 2.24) is 0 Å². The van der Waals surface area contributed by atoms with Gasteiger partial charge in [0.25, 0.3) is 10.0 Å². The van der Waals surface area contributed by atoms with Gasteiger partial charge in [-0.25, -0.2) is 16.8 Å². The molecule has 0 bridgehead atoms. The van der Waals surface area contributed by atoms with Gasteiger partial charge in [-0.15, -0.1) is 0 Å². The number of phenolic OH excluding ortho intramolecular Hbond substituents is 1. The quantitative estimate of drug-likeness (QED) is 0.767. The van der Waals surface area contributed by atoms with Crippen LogP contribution in [0.5, 0.6) is 5.75 Å². The van der Waals surface area contributed by atoms with Crippen molar-refractivity contribution in [2.45, 2.75) is 30.4 Å². The summed E-state index contributed by atoms with van der Waals surface area (Å²) in [6.45, 7) is 1.95. The molecule has 0 aromatic heterocycles. The number of anilines is 1. The predicted molar refractivity (Wildman–Crippen MR) is 102 cm³/mol. The number of sulfonamides is 1. The van der Waals surface area contributed by atoms with Crippen LogP contribution in [0, 0.1) is 0 Å². The number of phenols is 1. The van der Waals surface area contributed by atoms with E-state index in [1.807, 2.05) is 6.92 Å². The molecule has 2 N–H and O–H groups in total. The average Bonchev–Trinajstić information content (AvgIpc) is 2.87. The van der Waals surface area contributed by atoms with Crippen LogP contribution in [0.15, 0.2) is 53.4 Å². The van der Waals surface area contributed by atoms with Gasteiger partial charge in [0, 0.05) is 6.07 Å². The van der Waals surface area contributed by atoms with Crippen molar-refractivity contribution >= 4 is 25.5 Å². The standard InChI is InChI=1S/C18H21NO6S2/c1-2-13-6-8-16(9-7-13)27(24,25)19(14-4-3-5-15(20)10-14)17-11-26(22,23)12-18(17)21/h3-10,17-18,20-21H,2,11-12H2,1H3/t17-,18-/m0/s1. The van der Waals surface area contributed by atoms with Gasteiger partial charge in [0.15, 0.2) is 9.84 Å². The Morgan fingerprint density at radius 1 is 1.11 bits per heavy atom. The summed E-state index contributed by atoms with van der Waals surface area (Å²) in [5.41, 5.74) is 1.05. The molecule has 146 valence electrons. The third kappa shape index (κ3) is 3.95. The summed E-state index contributed by atoms with van der Waals surface area (Å²) in [4.78, 5) is -0.0143. The zero-order valence-corrected chi connectivity index (χ0v) is 16.3. The Bertz CT molecular complexity index is 1030. The average molecular weight is 412 g/mol. The number of hydrogen-bond donors (Lipinski definition) is 2. The molecule has 1 heterocycles. The van der Waals surface area contributed by atoms with E-state index in [2.05, 4.69) is 0 Å². The third-order valence-electron chi connectivity index (χ3n) is 4.57. The number of rotatable bonds is 5. The number of aliphatic hydroxyl groups excluding tert-OH is 1. The lowest BCUT2D eigenvalue weighted by atomic mass is 10.2. The molecular formula is C18H21NO6S2. The highest BCUT2D eigenvalue weighted by atomic mass is 32.2. The molecular weight excluding hydrogens is 390 g/mol. The van der Waals surface area contributed by atoms with Crippen molar-refractivity contribution in [1.29, 1.82) is 0 Å². The Morgan fingerprint density at radius 3 is 2.30 bits per heavy atom. The van der Waals surface area contributed by atoms with Gasteiger partial charge in [-0.05, 0) is 36.2 Å². The minimum atomic E-state index is -4.16. The van der Waals surface area contributed by atoms with Crippen LogP contribution in [0.4, 0.5) is 5.69 Å². The van der Waals surface area contributed by atoms with Crippen molar-refractivity contribution in [3.05, 3.63) is 54.1 Å². The SMILES string of the molecule is CCc1ccc(S(=O)(=O)N(c2cccc(O)c2)[C@H]2CS(=O)(=O)C[C@@H]2O)cc1. The van der Waals surface area contributed by atoms with Gasteiger partial charge >= 0.3 is 0 Å². The van der Waals surface area contributed by atoms with Gasteiger partial charge in [0.05, 0.1) is 34.2 Å². The first-order valence-corrected chi connectivity index (χ1v) is 11.7. The summed E-state index contributed by atoms with van der Waals surface area (Å²) in [5, 5.41) is 20.0. The smallest absolute Gasteiger partial charge is 0.264 e. The molecule has 2 atom stereocenters. The highest BCUT2D eigenvalue weighted by Crippen LogP contribution is 2.32. The number of sulfone groups is 1. The first-order chi connectivity index (χ1) is 12.6. The summed E-state index contributed by atoms with van der Waals surface area (Å²) in [7, 11) is -7.74. The topological polar surface area (TPSA) is 112 Å². The maximum atomic E-state index is 13.3. The van der Waals surface area contributed by atoms with Gasteiger partial charge in [-0.2, -0.15) is 0 Å². The van der Waals surface area contributed by atoms with E-state index < -0.39 is 43.5 Å². The maximum Gasteiger partial charge on any atom is 0.264 e. The summed E-state index contributed by atoms with van der Waals surface area (Å²) in [6, 6.07) is 10.7. The molecule has 0 amide bonds. The van der Waals surface area contributed by atoms with Crippen LogP contribution < -0.4 is 4.31 Å². The van der Waals surface area contributed by atoms with Gasteiger partial charge < -0.3 is 10.2 Å². The fourth-order valence-electron chi connectivity index (χ4n) is 3.18. The molecule has 2 aromatic rings. The van der Waals surface area contributed by atoms with Crippen LogP contribution in [0.1, 0.15) is 12.5 Å². The first-order valence-electron chi connectivity index (χ1n) is 8.45. The minimum Gasteiger partial charge on any atom is -0.508 e. The highest BCUT2D eigenvalue weighted by molar-refractivity contribution is 7.93. The van der Waals surface area contributed by atoms with Gasteiger partial charge in [0.2, 0.25) is 0 Å². The Labute approximate surface area is 158 Å². The second-order valence-corrected chi connectivity index (χ2v) is 10.5. The molecule has 1 saturated heterocycles. The fraction of sp³-hybridized carbons (Fsp3) is 0.333. The molecule has 9 heteroatoms. The monoisotopic (exact) mass is 411 g/mol. The molecule has 0 radical (unpaired) electrons. The minimum absolute atomic E-state index is 0.0143. The lowest BCUT2D eigenvalue weighted by molar-refractivity contribution is 0.184. The van der Waals surface area contributed by atoms with E-state index >= 15 is 0 Å². The molecule has 7 nitrogen and oxygen atoms in total. The Kier molecular flexibility index (Phi) is 5.20. The number of aromatic hydroxyl groups is 1. The molecule has 0 saturated carbocycles. The number of benzene rings is 2. The van der Waals surface area contributed by atoms with Crippen LogP contribution in [-0.4, -0.2) is 50.7 Å². The normalized spacial score (nSPS) is 21.9. The summed E-state index contributed by atoms with van der Waals surface area (Å²) in [6.07, 6.45) is -0.613. The van der Waals surface area contributed by atoms with Crippen LogP contribution in [0.3, 0.4) is 0 Å². The van der Waals surface area contributed by atoms with Crippen LogP contribution in [-0.2, 0) is 26.3 Å². The molecule has 3 rings (SSSR count). The van der Waals surface area contributed by atoms with Crippen LogP contribution >= 0.6 is 0 Å². The molecule has 0 unspecified atom stereocenters. The largest absolute Gasteiger partial charge is 0.508 e. The van der Waals surface area contributed by atoms with E-state index in [1.54, 1.807) is 12.1 Å². The van der Waals surface area contributed by atoms with E-state index in [0.717, 1.165) is 16.3 Å². The highest BCUT2D eigenvalue weighted by Gasteiger charge is 2.45. The lowest BCUT2D eigenvalue weighted by Gasteiger charge is -2.31. The number of aryl methyl sites for hydroxylation is 1. The fourth-order valence-corrected chi connectivity index (χ4v) is 6.72. The second-order valence-electron chi connectivity index (χ2n) is 6.53. The van der Waals surface area contributed by atoms with Crippen molar-refractivity contribution in [2.24, 2.45) is 0 Å². The van der Waals surface area contributed by atoms with Crippen molar-refractivity contribution < 1.29 is 27.0 Å². The maximum absolute atomic E-state index is 13.3. The van der Waals surface area contributed by atoms with Crippen molar-refractivity contribution in [3.63, 3.8) is 0 Å². The second kappa shape index (κ2) is 7.14. The third-order valence-corrected chi connectivity index (χ3v) is 8.13. The van der Waals surface area contributed by atoms with Gasteiger partial charge in [-0.1, -0.05) is 25.1 Å². The number of nitrogens with zero attached hydrogens (tertiary/aromatic N) is 1. The lowest BCUT2D eigenvalue weighted by Crippen LogP contribution is -2.47. The van der Waals surface area contributed by atoms with E-state index in [1.165, 1.54) is 36.4 Å². The van der Waals surface area contributed by atoms with E-state index in [4.69, 9.17) is 0 Å². The van der Waals surface area contributed by atoms with Crippen LogP contribution in [0.2, 0.25) is 0 Å². The zero-order valence-electron chi connectivity index (χ0n) is 14.7. The van der Waals surface area contributed by atoms with Gasteiger partial charge in [0.1, 0.15) is 5.75 Å². The van der Waals surface area contributed by atoms with Gasteiger partial charge in [-0.3, -0.25) is 4.31 Å². The predicted octanol–water partition coefficient (Wildman–Crippen LogP) is 1.31. The molecule has 27 heavy (non-hydrogen) atoms. The van der Waals surface area contributed by atoms with Crippen molar-refractivity contribution in [3.8, 4) is 5.75 Å². The molecule has 2 aromatic carbocycles. The Morgan fingerprint density at radius 2 is 1.78 bits per heavy atom. The Balaban J connectivity index is 2.14. The first kappa shape index (κ1) is 19.7. The molecule has 0 spiro atoms. The van der Waals surface area contributed by atoms with E-state index in [9.17, 15) is 27.0 Å². The number of aliphatic hydroxyl groups is 1. The summed E-state index contributed by atoms with van der Waals surface area (Å²) < 4.78 is 51.5. The number of hydrogen-bond acceptors (Lipinski definition) is 6. The van der Waals surface area contributed by atoms with E-state index in [0.29, 0.717) is 0 Å². The summed E-state index contributed by atoms with van der Waals surface area (Å²) in [5.74, 6) is -1.16.